The van der Waals surface area contributed by atoms with Gasteiger partial charge in [0.2, 0.25) is 17.5 Å². The minimum atomic E-state index is -1.95. The number of phenols is 3. The van der Waals surface area contributed by atoms with Crippen LogP contribution in [0.5, 0.6) is 28.7 Å². The fourth-order valence-electron chi connectivity index (χ4n) is 5.01. The molecule has 0 aliphatic carbocycles. The zero-order valence-electron chi connectivity index (χ0n) is 23.3. The van der Waals surface area contributed by atoms with Crippen LogP contribution >= 0.6 is 0 Å². The molecule has 0 spiro atoms. The molecule has 240 valence electrons. The summed E-state index contributed by atoms with van der Waals surface area (Å²) in [7, 11) is 1.32. The summed E-state index contributed by atoms with van der Waals surface area (Å²) in [5.74, 6) is -2.33. The quantitative estimate of drug-likeness (QED) is 0.147. The molecule has 0 radical (unpaired) electrons. The molecule has 10 atom stereocenters. The monoisotopic (exact) mass is 624 g/mol. The van der Waals surface area contributed by atoms with Crippen LogP contribution in [0.25, 0.3) is 22.3 Å². The number of methoxy groups -OCH3 is 1. The second-order valence-electron chi connectivity index (χ2n) is 10.5. The van der Waals surface area contributed by atoms with Crippen molar-refractivity contribution in [3.63, 3.8) is 0 Å². The second kappa shape index (κ2) is 12.4. The van der Waals surface area contributed by atoms with Gasteiger partial charge in [-0.2, -0.15) is 0 Å². The van der Waals surface area contributed by atoms with Crippen molar-refractivity contribution in [2.45, 2.75) is 68.3 Å². The van der Waals surface area contributed by atoms with E-state index < -0.39 is 96.1 Å². The highest BCUT2D eigenvalue weighted by Crippen LogP contribution is 2.39. The summed E-state index contributed by atoms with van der Waals surface area (Å²) in [5.41, 5.74) is -1.19. The molecule has 2 aliphatic rings. The summed E-state index contributed by atoms with van der Waals surface area (Å²) in [5, 5.41) is 92.3. The van der Waals surface area contributed by atoms with Gasteiger partial charge in [-0.1, -0.05) is 0 Å². The van der Waals surface area contributed by atoms with Crippen molar-refractivity contribution in [1.29, 1.82) is 0 Å². The molecule has 1 aromatic heterocycles. The van der Waals surface area contributed by atoms with Gasteiger partial charge >= 0.3 is 0 Å². The van der Waals surface area contributed by atoms with Crippen molar-refractivity contribution in [3.05, 3.63) is 40.6 Å². The Hall–Kier alpha value is -3.71. The van der Waals surface area contributed by atoms with E-state index in [1.165, 1.54) is 32.2 Å². The first-order valence-corrected chi connectivity index (χ1v) is 13.4. The van der Waals surface area contributed by atoms with Crippen molar-refractivity contribution in [2.75, 3.05) is 13.7 Å². The number of hydrogen-bond acceptors (Lipinski definition) is 16. The summed E-state index contributed by atoms with van der Waals surface area (Å²) in [4.78, 5) is 13.7. The van der Waals surface area contributed by atoms with Gasteiger partial charge in [0, 0.05) is 17.7 Å². The number of aliphatic hydroxyl groups is 6. The standard InChI is InChI=1S/C28H32O16/c1-9-18(32)21(35)23(37)27(41-9)40-8-16-19(33)22(36)24(38)28(43-16)44-26-20(34)17-13(31)6-11(29)7-15(17)42-25(26)10-3-4-14(39-2)12(30)5-10/h3-7,9,16,18-19,21-24,27-33,35-38H,8H2,1-2H3/t9?,16?,18-,19-,21-,22?,23?,24?,27+,28-/m0/s1. The topological polar surface area (TPSA) is 258 Å². The Morgan fingerprint density at radius 3 is 2.16 bits per heavy atom. The highest BCUT2D eigenvalue weighted by Gasteiger charge is 2.47. The van der Waals surface area contributed by atoms with Crippen LogP contribution in [0.4, 0.5) is 0 Å². The number of aromatic hydroxyl groups is 3. The number of fused-ring (bicyclic) bond motifs is 1. The Morgan fingerprint density at radius 1 is 0.795 bits per heavy atom. The summed E-state index contributed by atoms with van der Waals surface area (Å²) in [6.45, 7) is 0.841. The van der Waals surface area contributed by atoms with E-state index in [-0.39, 0.29) is 28.4 Å². The molecule has 0 amide bonds. The minimum absolute atomic E-state index is 0.0594. The van der Waals surface area contributed by atoms with E-state index in [0.717, 1.165) is 12.1 Å². The maximum atomic E-state index is 13.7. The molecule has 2 aliphatic heterocycles. The van der Waals surface area contributed by atoms with Crippen molar-refractivity contribution in [1.82, 2.24) is 0 Å². The van der Waals surface area contributed by atoms with E-state index in [9.17, 15) is 50.8 Å². The molecule has 5 unspecified atom stereocenters. The Labute approximate surface area is 248 Å². The van der Waals surface area contributed by atoms with E-state index >= 15 is 0 Å². The van der Waals surface area contributed by atoms with E-state index in [2.05, 4.69) is 0 Å². The maximum absolute atomic E-state index is 13.7. The number of hydrogen-bond donors (Lipinski definition) is 9. The molecule has 0 bridgehead atoms. The molecule has 2 saturated heterocycles. The number of aliphatic hydroxyl groups excluding tert-OH is 6. The third-order valence-corrected chi connectivity index (χ3v) is 7.49. The van der Waals surface area contributed by atoms with Crippen LogP contribution < -0.4 is 14.9 Å². The van der Waals surface area contributed by atoms with Gasteiger partial charge in [0.15, 0.2) is 23.5 Å². The van der Waals surface area contributed by atoms with Crippen LogP contribution in [0.3, 0.4) is 0 Å². The molecule has 16 nitrogen and oxygen atoms in total. The van der Waals surface area contributed by atoms with Gasteiger partial charge in [-0.25, -0.2) is 0 Å². The Kier molecular flexibility index (Phi) is 8.90. The number of benzene rings is 2. The van der Waals surface area contributed by atoms with Gasteiger partial charge < -0.3 is 74.1 Å². The summed E-state index contributed by atoms with van der Waals surface area (Å²) in [6.07, 6.45) is -16.0. The van der Waals surface area contributed by atoms with E-state index in [0.29, 0.717) is 0 Å². The smallest absolute Gasteiger partial charge is 0.239 e. The largest absolute Gasteiger partial charge is 0.508 e. The van der Waals surface area contributed by atoms with Crippen molar-refractivity contribution >= 4 is 11.0 Å². The lowest BCUT2D eigenvalue weighted by Crippen LogP contribution is -2.61. The first kappa shape index (κ1) is 31.7. The Morgan fingerprint density at radius 2 is 1.48 bits per heavy atom. The average Bonchev–Trinajstić information content (AvgIpc) is 2.98. The van der Waals surface area contributed by atoms with E-state index in [1.54, 1.807) is 0 Å². The maximum Gasteiger partial charge on any atom is 0.239 e. The van der Waals surface area contributed by atoms with Crippen LogP contribution in [-0.4, -0.2) is 121 Å². The second-order valence-corrected chi connectivity index (χ2v) is 10.5. The van der Waals surface area contributed by atoms with E-state index in [1.807, 2.05) is 0 Å². The van der Waals surface area contributed by atoms with Crippen LogP contribution in [0.1, 0.15) is 6.92 Å². The summed E-state index contributed by atoms with van der Waals surface area (Å²) >= 11 is 0. The number of rotatable bonds is 7. The molecule has 44 heavy (non-hydrogen) atoms. The first-order chi connectivity index (χ1) is 20.8. The number of phenolic OH excluding ortho intramolecular Hbond substituents is 3. The molecule has 0 saturated carbocycles. The van der Waals surface area contributed by atoms with Gasteiger partial charge in [-0.05, 0) is 25.1 Å². The number of ether oxygens (including phenoxy) is 5. The Bertz CT molecular complexity index is 1560. The lowest BCUT2D eigenvalue weighted by Gasteiger charge is -2.42. The van der Waals surface area contributed by atoms with Crippen molar-refractivity contribution in [2.24, 2.45) is 0 Å². The van der Waals surface area contributed by atoms with Gasteiger partial charge in [0.25, 0.3) is 0 Å². The highest BCUT2D eigenvalue weighted by atomic mass is 16.7. The first-order valence-electron chi connectivity index (χ1n) is 13.4. The molecule has 5 rings (SSSR count). The van der Waals surface area contributed by atoms with Gasteiger partial charge in [0.05, 0.1) is 19.8 Å². The zero-order chi connectivity index (χ0) is 32.0. The third kappa shape index (κ3) is 5.74. The molecule has 3 aromatic rings. The van der Waals surface area contributed by atoms with Crippen LogP contribution in [0.2, 0.25) is 0 Å². The fraction of sp³-hybridized carbons (Fsp3) is 0.464. The lowest BCUT2D eigenvalue weighted by atomic mass is 9.98. The molecular formula is C28H32O16. The SMILES string of the molecule is COc1ccc(-c2oc3cc(O)cc(O)c3c(=O)c2O[C@@H]2OC(CO[C@@H]3OC(C)[C@H](O)[C@H](O)C3O)[C@H](O)C(O)C2O)cc1O. The van der Waals surface area contributed by atoms with Crippen LogP contribution in [0, 0.1) is 0 Å². The molecule has 2 aromatic carbocycles. The van der Waals surface area contributed by atoms with Crippen molar-refractivity contribution in [3.8, 4) is 40.1 Å². The predicted octanol–water partition coefficient (Wildman–Crippen LogP) is -1.38. The predicted molar refractivity (Wildman–Crippen MR) is 145 cm³/mol. The third-order valence-electron chi connectivity index (χ3n) is 7.49. The molecule has 3 heterocycles. The minimum Gasteiger partial charge on any atom is -0.508 e. The normalized spacial score (nSPS) is 32.5. The van der Waals surface area contributed by atoms with Gasteiger partial charge in [-0.3, -0.25) is 4.79 Å². The van der Waals surface area contributed by atoms with Gasteiger partial charge in [0.1, 0.15) is 65.2 Å². The van der Waals surface area contributed by atoms with Crippen molar-refractivity contribution < 1.29 is 74.1 Å². The molecule has 2 fully saturated rings. The Balaban J connectivity index is 1.48. The lowest BCUT2D eigenvalue weighted by molar-refractivity contribution is -0.318. The fourth-order valence-corrected chi connectivity index (χ4v) is 5.01. The summed E-state index contributed by atoms with van der Waals surface area (Å²) < 4.78 is 33.1. The average molecular weight is 625 g/mol. The highest BCUT2D eigenvalue weighted by molar-refractivity contribution is 5.88. The molecule has 9 N–H and O–H groups in total. The molecular weight excluding hydrogens is 592 g/mol. The van der Waals surface area contributed by atoms with E-state index in [4.69, 9.17) is 28.1 Å². The molecule has 16 heteroatoms. The van der Waals surface area contributed by atoms with Crippen LogP contribution in [0.15, 0.2) is 39.5 Å². The zero-order valence-corrected chi connectivity index (χ0v) is 23.3. The van der Waals surface area contributed by atoms with Crippen LogP contribution in [-0.2, 0) is 14.2 Å². The van der Waals surface area contributed by atoms with Gasteiger partial charge in [-0.15, -0.1) is 0 Å². The summed E-state index contributed by atoms with van der Waals surface area (Å²) in [6, 6.07) is 5.88.